The van der Waals surface area contributed by atoms with Crippen molar-refractivity contribution < 1.29 is 4.52 Å². The van der Waals surface area contributed by atoms with Gasteiger partial charge in [0.25, 0.3) is 5.89 Å². The van der Waals surface area contributed by atoms with Crippen LogP contribution in [-0.2, 0) is 0 Å². The van der Waals surface area contributed by atoms with E-state index in [4.69, 9.17) is 4.52 Å². The fourth-order valence-corrected chi connectivity index (χ4v) is 2.76. The van der Waals surface area contributed by atoms with Gasteiger partial charge < -0.3 is 9.84 Å². The Morgan fingerprint density at radius 1 is 1.10 bits per heavy atom. The van der Waals surface area contributed by atoms with E-state index < -0.39 is 0 Å². The van der Waals surface area contributed by atoms with Gasteiger partial charge in [-0.2, -0.15) is 4.98 Å². The molecule has 0 saturated carbocycles. The first-order chi connectivity index (χ1) is 10.4. The van der Waals surface area contributed by atoms with Crippen molar-refractivity contribution in [2.24, 2.45) is 0 Å². The Balaban J connectivity index is 1.74. The second-order valence-electron chi connectivity index (χ2n) is 5.21. The molecule has 2 aromatic heterocycles. The summed E-state index contributed by atoms with van der Waals surface area (Å²) in [6.45, 7) is 2.02. The van der Waals surface area contributed by atoms with E-state index in [-0.39, 0.29) is 0 Å². The summed E-state index contributed by atoms with van der Waals surface area (Å²) in [5.74, 6) is 1.70. The number of nitrogens with one attached hydrogen (secondary N) is 1. The Labute approximate surface area is 121 Å². The molecule has 21 heavy (non-hydrogen) atoms. The summed E-state index contributed by atoms with van der Waals surface area (Å²) >= 11 is 0. The highest BCUT2D eigenvalue weighted by Crippen LogP contribution is 2.28. The van der Waals surface area contributed by atoms with Crippen LogP contribution in [0.1, 0.15) is 24.6 Å². The lowest BCUT2D eigenvalue weighted by Gasteiger charge is -2.18. The van der Waals surface area contributed by atoms with Crippen LogP contribution in [0.2, 0.25) is 0 Å². The minimum Gasteiger partial charge on any atom is -0.334 e. The van der Waals surface area contributed by atoms with Crippen LogP contribution in [0.4, 0.5) is 0 Å². The number of para-hydroxylation sites is 1. The van der Waals surface area contributed by atoms with Crippen molar-refractivity contribution in [1.29, 1.82) is 0 Å². The summed E-state index contributed by atoms with van der Waals surface area (Å²) in [6, 6.07) is 5.80. The molecule has 4 rings (SSSR count). The number of nitrogens with zero attached hydrogens (tertiary/aromatic N) is 4. The van der Waals surface area contributed by atoms with Gasteiger partial charge in [0.2, 0.25) is 0 Å². The van der Waals surface area contributed by atoms with Crippen LogP contribution in [0.3, 0.4) is 0 Å². The van der Waals surface area contributed by atoms with E-state index in [2.05, 4.69) is 25.4 Å². The third-order valence-electron chi connectivity index (χ3n) is 3.88. The third kappa shape index (κ3) is 2.27. The first-order valence-electron chi connectivity index (χ1n) is 7.16. The van der Waals surface area contributed by atoms with Crippen molar-refractivity contribution in [3.8, 4) is 11.5 Å². The van der Waals surface area contributed by atoms with Crippen molar-refractivity contribution in [3.05, 3.63) is 36.4 Å². The van der Waals surface area contributed by atoms with Crippen molar-refractivity contribution >= 4 is 11.0 Å². The first-order valence-corrected chi connectivity index (χ1v) is 7.16. The molecule has 3 aromatic rings. The monoisotopic (exact) mass is 281 g/mol. The maximum atomic E-state index is 5.46. The number of hydrogen-bond donors (Lipinski definition) is 1. The van der Waals surface area contributed by atoms with Crippen LogP contribution >= 0.6 is 0 Å². The summed E-state index contributed by atoms with van der Waals surface area (Å²) in [4.78, 5) is 13.3. The van der Waals surface area contributed by atoms with Crippen LogP contribution < -0.4 is 5.32 Å². The summed E-state index contributed by atoms with van der Waals surface area (Å²) in [5, 5.41) is 7.50. The molecule has 1 aliphatic heterocycles. The molecule has 1 fully saturated rings. The predicted molar refractivity (Wildman–Crippen MR) is 77.7 cm³/mol. The fourth-order valence-electron chi connectivity index (χ4n) is 2.76. The molecule has 0 spiro atoms. The number of hydrogen-bond acceptors (Lipinski definition) is 6. The second-order valence-corrected chi connectivity index (χ2v) is 5.21. The van der Waals surface area contributed by atoms with Crippen molar-refractivity contribution in [1.82, 2.24) is 25.4 Å². The lowest BCUT2D eigenvalue weighted by atomic mass is 9.98. The van der Waals surface area contributed by atoms with Gasteiger partial charge in [0, 0.05) is 18.3 Å². The van der Waals surface area contributed by atoms with Crippen LogP contribution in [0.25, 0.3) is 22.5 Å². The van der Waals surface area contributed by atoms with Gasteiger partial charge in [-0.3, -0.25) is 9.97 Å². The number of fused-ring (bicyclic) bond motifs is 1. The van der Waals surface area contributed by atoms with E-state index in [9.17, 15) is 0 Å². The topological polar surface area (TPSA) is 76.7 Å². The summed E-state index contributed by atoms with van der Waals surface area (Å²) < 4.78 is 5.46. The SMILES string of the molecule is c1cc(-c2nc(C3CCNCC3)no2)c2nccnc2c1. The van der Waals surface area contributed by atoms with Crippen LogP contribution in [0, 0.1) is 0 Å². The molecule has 106 valence electrons. The highest BCUT2D eigenvalue weighted by molar-refractivity contribution is 5.88. The number of piperidine rings is 1. The molecule has 1 saturated heterocycles. The Bertz CT molecular complexity index is 758. The van der Waals surface area contributed by atoms with E-state index in [1.165, 1.54) is 0 Å². The number of benzene rings is 1. The molecule has 0 bridgehead atoms. The highest BCUT2D eigenvalue weighted by Gasteiger charge is 2.22. The minimum atomic E-state index is 0.379. The standard InChI is InChI=1S/C15H15N5O/c1-2-11(13-12(3-1)17-8-9-18-13)15-19-14(20-21-15)10-4-6-16-7-5-10/h1-3,8-10,16H,4-7H2. The van der Waals surface area contributed by atoms with Gasteiger partial charge in [0.15, 0.2) is 5.82 Å². The number of aromatic nitrogens is 4. The maximum absolute atomic E-state index is 5.46. The molecule has 3 heterocycles. The van der Waals surface area contributed by atoms with Gasteiger partial charge in [-0.1, -0.05) is 11.2 Å². The Kier molecular flexibility index (Phi) is 3.08. The van der Waals surface area contributed by atoms with Gasteiger partial charge in [-0.25, -0.2) is 0 Å². The Morgan fingerprint density at radius 2 is 1.95 bits per heavy atom. The van der Waals surface area contributed by atoms with Gasteiger partial charge in [0.1, 0.15) is 5.52 Å². The molecule has 1 aromatic carbocycles. The molecule has 0 aliphatic carbocycles. The van der Waals surface area contributed by atoms with Crippen LogP contribution in [0.15, 0.2) is 35.1 Å². The Hall–Kier alpha value is -2.34. The molecule has 6 heteroatoms. The lowest BCUT2D eigenvalue weighted by Crippen LogP contribution is -2.27. The quantitative estimate of drug-likeness (QED) is 0.775. The molecule has 0 radical (unpaired) electrons. The lowest BCUT2D eigenvalue weighted by molar-refractivity contribution is 0.392. The highest BCUT2D eigenvalue weighted by atomic mass is 16.5. The van der Waals surface area contributed by atoms with Gasteiger partial charge in [-0.15, -0.1) is 0 Å². The smallest absolute Gasteiger partial charge is 0.260 e. The zero-order chi connectivity index (χ0) is 14.1. The fraction of sp³-hybridized carbons (Fsp3) is 0.333. The van der Waals surface area contributed by atoms with E-state index in [1.807, 2.05) is 18.2 Å². The molecule has 0 atom stereocenters. The van der Waals surface area contributed by atoms with Crippen LogP contribution in [0.5, 0.6) is 0 Å². The molecule has 6 nitrogen and oxygen atoms in total. The Morgan fingerprint density at radius 3 is 2.86 bits per heavy atom. The molecular weight excluding hydrogens is 266 g/mol. The van der Waals surface area contributed by atoms with Crippen molar-refractivity contribution in [2.45, 2.75) is 18.8 Å². The van der Waals surface area contributed by atoms with Crippen LogP contribution in [-0.4, -0.2) is 33.2 Å². The summed E-state index contributed by atoms with van der Waals surface area (Å²) in [5.41, 5.74) is 2.46. The predicted octanol–water partition coefficient (Wildman–Crippen LogP) is 2.15. The van der Waals surface area contributed by atoms with E-state index >= 15 is 0 Å². The third-order valence-corrected chi connectivity index (χ3v) is 3.88. The van der Waals surface area contributed by atoms with Gasteiger partial charge in [-0.05, 0) is 38.1 Å². The zero-order valence-electron chi connectivity index (χ0n) is 11.5. The minimum absolute atomic E-state index is 0.379. The summed E-state index contributed by atoms with van der Waals surface area (Å²) in [7, 11) is 0. The maximum Gasteiger partial charge on any atom is 0.260 e. The van der Waals surface area contributed by atoms with E-state index in [1.54, 1.807) is 12.4 Å². The van der Waals surface area contributed by atoms with Gasteiger partial charge >= 0.3 is 0 Å². The molecule has 1 N–H and O–H groups in total. The van der Waals surface area contributed by atoms with Gasteiger partial charge in [0.05, 0.1) is 11.1 Å². The largest absolute Gasteiger partial charge is 0.334 e. The molecule has 1 aliphatic rings. The van der Waals surface area contributed by atoms with E-state index in [0.717, 1.165) is 48.4 Å². The zero-order valence-corrected chi connectivity index (χ0v) is 11.5. The van der Waals surface area contributed by atoms with E-state index in [0.29, 0.717) is 11.8 Å². The normalized spacial score (nSPS) is 16.4. The number of rotatable bonds is 2. The summed E-state index contributed by atoms with van der Waals surface area (Å²) in [6.07, 6.45) is 5.46. The molecule has 0 unspecified atom stereocenters. The molecule has 0 amide bonds. The van der Waals surface area contributed by atoms with Crippen molar-refractivity contribution in [2.75, 3.05) is 13.1 Å². The average Bonchev–Trinajstić information content (AvgIpc) is 3.05. The average molecular weight is 281 g/mol. The second kappa shape index (κ2) is 5.21. The first kappa shape index (κ1) is 12.4. The molecular formula is C15H15N5O. The van der Waals surface area contributed by atoms with Crippen molar-refractivity contribution in [3.63, 3.8) is 0 Å².